The number of hydrogen-bond donors (Lipinski definition) is 0. The standard InChI is InChI=1S/C15H12ClN3O3/c1-21-15(20)10-5-6-13-17-18-14(19(13)8-10)9-22-12-4-2-3-11(16)7-12/h2-8H,9H2,1H3. The Morgan fingerprint density at radius 2 is 2.14 bits per heavy atom. The van der Waals surface area contributed by atoms with Crippen molar-refractivity contribution < 1.29 is 14.3 Å². The molecule has 0 unspecified atom stereocenters. The third kappa shape index (κ3) is 2.87. The van der Waals surface area contributed by atoms with Gasteiger partial charge in [-0.25, -0.2) is 4.79 Å². The first-order valence-corrected chi connectivity index (χ1v) is 6.85. The highest BCUT2D eigenvalue weighted by Gasteiger charge is 2.11. The SMILES string of the molecule is COC(=O)c1ccc2nnc(COc3cccc(Cl)c3)n2c1. The summed E-state index contributed by atoms with van der Waals surface area (Å²) in [7, 11) is 1.34. The average Bonchev–Trinajstić information content (AvgIpc) is 2.94. The van der Waals surface area contributed by atoms with Gasteiger partial charge in [-0.1, -0.05) is 17.7 Å². The molecular formula is C15H12ClN3O3. The molecule has 0 aliphatic rings. The van der Waals surface area contributed by atoms with Gasteiger partial charge in [-0.3, -0.25) is 4.40 Å². The summed E-state index contributed by atoms with van der Waals surface area (Å²) in [6.45, 7) is 0.201. The normalized spacial score (nSPS) is 10.6. The van der Waals surface area contributed by atoms with Crippen molar-refractivity contribution in [2.75, 3.05) is 7.11 Å². The molecule has 112 valence electrons. The molecular weight excluding hydrogens is 306 g/mol. The van der Waals surface area contributed by atoms with Gasteiger partial charge in [0.05, 0.1) is 12.7 Å². The van der Waals surface area contributed by atoms with Crippen LogP contribution in [0.4, 0.5) is 0 Å². The van der Waals surface area contributed by atoms with E-state index in [0.717, 1.165) is 0 Å². The maximum absolute atomic E-state index is 11.6. The van der Waals surface area contributed by atoms with E-state index in [1.165, 1.54) is 7.11 Å². The molecule has 0 spiro atoms. The number of fused-ring (bicyclic) bond motifs is 1. The van der Waals surface area contributed by atoms with Crippen LogP contribution < -0.4 is 4.74 Å². The highest BCUT2D eigenvalue weighted by Crippen LogP contribution is 2.18. The zero-order valence-electron chi connectivity index (χ0n) is 11.7. The van der Waals surface area contributed by atoms with Gasteiger partial charge in [0.1, 0.15) is 12.4 Å². The lowest BCUT2D eigenvalue weighted by Crippen LogP contribution is -2.05. The van der Waals surface area contributed by atoms with Gasteiger partial charge in [0, 0.05) is 11.2 Å². The Hall–Kier alpha value is -2.60. The molecule has 0 bridgehead atoms. The molecule has 3 aromatic rings. The molecule has 0 fully saturated rings. The second-order valence-corrected chi connectivity index (χ2v) is 4.94. The number of carbonyl (C=O) groups excluding carboxylic acids is 1. The molecule has 1 aromatic carbocycles. The summed E-state index contributed by atoms with van der Waals surface area (Å²) < 4.78 is 12.0. The minimum atomic E-state index is -0.419. The Balaban J connectivity index is 1.85. The molecule has 2 aromatic heterocycles. The number of ether oxygens (including phenoxy) is 2. The number of carbonyl (C=O) groups is 1. The van der Waals surface area contributed by atoms with Crippen LogP contribution in [0.1, 0.15) is 16.2 Å². The minimum absolute atomic E-state index is 0.201. The second kappa shape index (κ2) is 6.03. The minimum Gasteiger partial charge on any atom is -0.486 e. The molecule has 22 heavy (non-hydrogen) atoms. The van der Waals surface area contributed by atoms with Gasteiger partial charge in [-0.15, -0.1) is 10.2 Å². The molecule has 0 saturated carbocycles. The molecule has 0 N–H and O–H groups in total. The first-order valence-electron chi connectivity index (χ1n) is 6.48. The first-order chi connectivity index (χ1) is 10.7. The van der Waals surface area contributed by atoms with Gasteiger partial charge in [-0.2, -0.15) is 0 Å². The van der Waals surface area contributed by atoms with Crippen LogP contribution in [0.3, 0.4) is 0 Å². The quantitative estimate of drug-likeness (QED) is 0.692. The predicted octanol–water partition coefficient (Wildman–Crippen LogP) is 2.75. The number of rotatable bonds is 4. The van der Waals surface area contributed by atoms with E-state index in [-0.39, 0.29) is 6.61 Å². The van der Waals surface area contributed by atoms with Crippen molar-refractivity contribution in [3.8, 4) is 5.75 Å². The summed E-state index contributed by atoms with van der Waals surface area (Å²) in [5.74, 6) is 0.784. The molecule has 0 amide bonds. The topological polar surface area (TPSA) is 65.7 Å². The van der Waals surface area contributed by atoms with Crippen molar-refractivity contribution in [2.45, 2.75) is 6.61 Å². The Kier molecular flexibility index (Phi) is 3.93. The smallest absolute Gasteiger partial charge is 0.339 e. The molecule has 0 atom stereocenters. The fourth-order valence-electron chi connectivity index (χ4n) is 1.98. The van der Waals surface area contributed by atoms with Crippen LogP contribution in [0.15, 0.2) is 42.6 Å². The molecule has 2 heterocycles. The van der Waals surface area contributed by atoms with Gasteiger partial charge in [0.2, 0.25) is 0 Å². The maximum Gasteiger partial charge on any atom is 0.339 e. The van der Waals surface area contributed by atoms with E-state index in [1.807, 2.05) is 0 Å². The van der Waals surface area contributed by atoms with E-state index < -0.39 is 5.97 Å². The van der Waals surface area contributed by atoms with Crippen LogP contribution >= 0.6 is 11.6 Å². The molecule has 0 aliphatic heterocycles. The van der Waals surface area contributed by atoms with Crippen molar-refractivity contribution in [3.05, 3.63) is 59.0 Å². The van der Waals surface area contributed by atoms with Gasteiger partial charge in [-0.05, 0) is 30.3 Å². The monoisotopic (exact) mass is 317 g/mol. The van der Waals surface area contributed by atoms with Crippen molar-refractivity contribution >= 4 is 23.2 Å². The largest absolute Gasteiger partial charge is 0.486 e. The lowest BCUT2D eigenvalue weighted by Gasteiger charge is -2.06. The Labute approximate surface area is 131 Å². The molecule has 7 heteroatoms. The third-order valence-electron chi connectivity index (χ3n) is 3.06. The van der Waals surface area contributed by atoms with E-state index in [2.05, 4.69) is 10.2 Å². The van der Waals surface area contributed by atoms with Crippen LogP contribution in [-0.4, -0.2) is 27.7 Å². The van der Waals surface area contributed by atoms with Crippen LogP contribution in [0.25, 0.3) is 5.65 Å². The lowest BCUT2D eigenvalue weighted by atomic mass is 10.3. The van der Waals surface area contributed by atoms with E-state index in [9.17, 15) is 4.79 Å². The number of methoxy groups -OCH3 is 1. The Morgan fingerprint density at radius 1 is 1.27 bits per heavy atom. The van der Waals surface area contributed by atoms with Crippen molar-refractivity contribution in [1.82, 2.24) is 14.6 Å². The van der Waals surface area contributed by atoms with Crippen molar-refractivity contribution in [2.24, 2.45) is 0 Å². The summed E-state index contributed by atoms with van der Waals surface area (Å²) in [5.41, 5.74) is 1.04. The van der Waals surface area contributed by atoms with Crippen LogP contribution in [0.2, 0.25) is 5.02 Å². The fourth-order valence-corrected chi connectivity index (χ4v) is 2.16. The lowest BCUT2D eigenvalue weighted by molar-refractivity contribution is 0.0600. The van der Waals surface area contributed by atoms with Crippen LogP contribution in [0.5, 0.6) is 5.75 Å². The highest BCUT2D eigenvalue weighted by atomic mass is 35.5. The summed E-state index contributed by atoms with van der Waals surface area (Å²) in [4.78, 5) is 11.6. The highest BCUT2D eigenvalue weighted by molar-refractivity contribution is 6.30. The Morgan fingerprint density at radius 3 is 2.91 bits per heavy atom. The van der Waals surface area contributed by atoms with Gasteiger partial charge in [0.15, 0.2) is 11.5 Å². The fraction of sp³-hybridized carbons (Fsp3) is 0.133. The average molecular weight is 318 g/mol. The summed E-state index contributed by atoms with van der Waals surface area (Å²) in [6, 6.07) is 10.4. The van der Waals surface area contributed by atoms with E-state index in [1.54, 1.807) is 47.0 Å². The zero-order valence-corrected chi connectivity index (χ0v) is 12.4. The number of pyridine rings is 1. The number of aromatic nitrogens is 3. The number of benzene rings is 1. The van der Waals surface area contributed by atoms with Crippen molar-refractivity contribution in [1.29, 1.82) is 0 Å². The molecule has 0 radical (unpaired) electrons. The summed E-state index contributed by atoms with van der Waals surface area (Å²) in [6.07, 6.45) is 1.62. The van der Waals surface area contributed by atoms with Crippen LogP contribution in [0, 0.1) is 0 Å². The molecule has 3 rings (SSSR count). The number of halogens is 1. The van der Waals surface area contributed by atoms with E-state index in [0.29, 0.717) is 27.8 Å². The molecule has 6 nitrogen and oxygen atoms in total. The van der Waals surface area contributed by atoms with Gasteiger partial charge >= 0.3 is 5.97 Å². The number of hydrogen-bond acceptors (Lipinski definition) is 5. The predicted molar refractivity (Wildman–Crippen MR) is 80.1 cm³/mol. The number of nitrogens with zero attached hydrogens (tertiary/aromatic N) is 3. The molecule has 0 aliphatic carbocycles. The van der Waals surface area contributed by atoms with E-state index in [4.69, 9.17) is 21.1 Å². The van der Waals surface area contributed by atoms with Crippen molar-refractivity contribution in [3.63, 3.8) is 0 Å². The molecule has 0 saturated heterocycles. The summed E-state index contributed by atoms with van der Waals surface area (Å²) >= 11 is 5.91. The zero-order chi connectivity index (χ0) is 15.5. The third-order valence-corrected chi connectivity index (χ3v) is 3.29. The second-order valence-electron chi connectivity index (χ2n) is 4.50. The Bertz CT molecular complexity index is 832. The maximum atomic E-state index is 11.6. The summed E-state index contributed by atoms with van der Waals surface area (Å²) in [5, 5.41) is 8.69. The van der Waals surface area contributed by atoms with Gasteiger partial charge < -0.3 is 9.47 Å². The van der Waals surface area contributed by atoms with E-state index >= 15 is 0 Å². The van der Waals surface area contributed by atoms with Gasteiger partial charge in [0.25, 0.3) is 0 Å². The first kappa shape index (κ1) is 14.3. The van der Waals surface area contributed by atoms with Crippen LogP contribution in [-0.2, 0) is 11.3 Å². The number of esters is 1.